The van der Waals surface area contributed by atoms with E-state index in [1.165, 1.54) is 12.1 Å². The van der Waals surface area contributed by atoms with Gasteiger partial charge in [-0.25, -0.2) is 4.79 Å². The number of carbonyl (C=O) groups is 2. The quantitative estimate of drug-likeness (QED) is 0.132. The summed E-state index contributed by atoms with van der Waals surface area (Å²) in [5.74, 6) is -3.21. The first-order chi connectivity index (χ1) is 19.5. The van der Waals surface area contributed by atoms with E-state index >= 15 is 0 Å². The lowest BCUT2D eigenvalue weighted by Crippen LogP contribution is -2.34. The van der Waals surface area contributed by atoms with E-state index < -0.39 is 54.3 Å². The predicted molar refractivity (Wildman–Crippen MR) is 150 cm³/mol. The van der Waals surface area contributed by atoms with Crippen molar-refractivity contribution >= 4 is 29.7 Å². The van der Waals surface area contributed by atoms with Gasteiger partial charge >= 0.3 is 19.5 Å². The number of rotatable bonds is 15. The van der Waals surface area contributed by atoms with Crippen molar-refractivity contribution in [2.45, 2.75) is 37.6 Å². The minimum Gasteiger partial charge on any atom is -0.469 e. The van der Waals surface area contributed by atoms with Gasteiger partial charge < -0.3 is 18.5 Å². The number of hydrogen-bond acceptors (Lipinski definition) is 10. The highest BCUT2D eigenvalue weighted by atomic mass is 32.2. The molecule has 0 aromatic heterocycles. The molecule has 0 radical (unpaired) electrons. The SMILES string of the molecule is COC(=O)[C@H](C[C@H](OS(=O)(=O)c1ccc(C)cc1)C(=O)OC)CP(=O)(OCc1ccccc1)OCc1ccccc1. The highest BCUT2D eigenvalue weighted by Gasteiger charge is 2.39. The van der Waals surface area contributed by atoms with Crippen LogP contribution in [0.15, 0.2) is 89.8 Å². The van der Waals surface area contributed by atoms with Gasteiger partial charge in [-0.1, -0.05) is 78.4 Å². The maximum absolute atomic E-state index is 14.0. The fourth-order valence-electron chi connectivity index (χ4n) is 3.80. The Morgan fingerprint density at radius 3 is 1.71 bits per heavy atom. The monoisotopic (exact) mass is 604 g/mol. The number of esters is 2. The van der Waals surface area contributed by atoms with Gasteiger partial charge in [-0.05, 0) is 36.6 Å². The Hall–Kier alpha value is -3.34. The molecule has 0 aliphatic rings. The molecular formula is C29H33O10PS. The average molecular weight is 605 g/mol. The molecule has 0 saturated carbocycles. The fraction of sp³-hybridized carbons (Fsp3) is 0.310. The zero-order chi connectivity index (χ0) is 29.9. The number of aryl methyl sites for hydroxylation is 1. The van der Waals surface area contributed by atoms with Crippen LogP contribution in [0.2, 0.25) is 0 Å². The highest BCUT2D eigenvalue weighted by molar-refractivity contribution is 7.86. The van der Waals surface area contributed by atoms with Gasteiger partial charge in [0.15, 0.2) is 6.10 Å². The van der Waals surface area contributed by atoms with Gasteiger partial charge in [-0.2, -0.15) is 8.42 Å². The average Bonchev–Trinajstić information content (AvgIpc) is 2.98. The fourth-order valence-corrected chi connectivity index (χ4v) is 6.66. The lowest BCUT2D eigenvalue weighted by atomic mass is 10.0. The Morgan fingerprint density at radius 1 is 0.756 bits per heavy atom. The van der Waals surface area contributed by atoms with E-state index in [9.17, 15) is 22.6 Å². The molecule has 220 valence electrons. The van der Waals surface area contributed by atoms with Crippen molar-refractivity contribution in [1.29, 1.82) is 0 Å². The molecular weight excluding hydrogens is 571 g/mol. The van der Waals surface area contributed by atoms with E-state index in [-0.39, 0.29) is 18.1 Å². The number of ether oxygens (including phenoxy) is 2. The molecule has 41 heavy (non-hydrogen) atoms. The maximum Gasteiger partial charge on any atom is 0.336 e. The second-order valence-electron chi connectivity index (χ2n) is 9.14. The van der Waals surface area contributed by atoms with E-state index in [0.29, 0.717) is 11.1 Å². The third-order valence-corrected chi connectivity index (χ3v) is 9.30. The molecule has 3 rings (SSSR count). The molecule has 0 saturated heterocycles. The summed E-state index contributed by atoms with van der Waals surface area (Å²) >= 11 is 0. The van der Waals surface area contributed by atoms with Crippen LogP contribution in [-0.2, 0) is 60.2 Å². The van der Waals surface area contributed by atoms with Gasteiger partial charge in [0.25, 0.3) is 10.1 Å². The summed E-state index contributed by atoms with van der Waals surface area (Å²) in [7, 11) is -6.30. The van der Waals surface area contributed by atoms with Crippen molar-refractivity contribution in [2.75, 3.05) is 20.4 Å². The second-order valence-corrected chi connectivity index (χ2v) is 12.8. The number of carbonyl (C=O) groups excluding carboxylic acids is 2. The van der Waals surface area contributed by atoms with E-state index in [1.54, 1.807) is 67.6 Å². The van der Waals surface area contributed by atoms with Crippen molar-refractivity contribution in [3.63, 3.8) is 0 Å². The Morgan fingerprint density at radius 2 is 1.24 bits per heavy atom. The Bertz CT molecular complexity index is 1380. The smallest absolute Gasteiger partial charge is 0.336 e. The zero-order valence-corrected chi connectivity index (χ0v) is 24.7. The van der Waals surface area contributed by atoms with E-state index in [2.05, 4.69) is 0 Å². The Kier molecular flexibility index (Phi) is 11.8. The first-order valence-electron chi connectivity index (χ1n) is 12.7. The zero-order valence-electron chi connectivity index (χ0n) is 23.0. The molecule has 0 spiro atoms. The molecule has 0 heterocycles. The molecule has 12 heteroatoms. The van der Waals surface area contributed by atoms with Gasteiger partial charge in [-0.3, -0.25) is 13.5 Å². The Labute approximate surface area is 240 Å². The summed E-state index contributed by atoms with van der Waals surface area (Å²) in [4.78, 5) is 25.3. The first kappa shape index (κ1) is 32.2. The van der Waals surface area contributed by atoms with Gasteiger partial charge in [0, 0.05) is 0 Å². The minimum absolute atomic E-state index is 0.0838. The molecule has 10 nitrogen and oxygen atoms in total. The molecule has 2 atom stereocenters. The van der Waals surface area contributed by atoms with Crippen LogP contribution in [0.1, 0.15) is 23.1 Å². The van der Waals surface area contributed by atoms with Gasteiger partial charge in [0.1, 0.15) is 0 Å². The number of benzene rings is 3. The molecule has 0 unspecified atom stereocenters. The largest absolute Gasteiger partial charge is 0.469 e. The predicted octanol–water partition coefficient (Wildman–Crippen LogP) is 5.05. The van der Waals surface area contributed by atoms with Gasteiger partial charge in [0.05, 0.1) is 44.4 Å². The summed E-state index contributed by atoms with van der Waals surface area (Å²) < 4.78 is 66.3. The van der Waals surface area contributed by atoms with Crippen molar-refractivity contribution < 1.29 is 45.3 Å². The number of hydrogen-bond donors (Lipinski definition) is 0. The van der Waals surface area contributed by atoms with E-state index in [1.807, 2.05) is 12.1 Å². The summed E-state index contributed by atoms with van der Waals surface area (Å²) in [6.07, 6.45) is -2.79. The van der Waals surface area contributed by atoms with Gasteiger partial charge in [0.2, 0.25) is 0 Å². The molecule has 3 aromatic rings. The van der Waals surface area contributed by atoms with Crippen molar-refractivity contribution in [2.24, 2.45) is 5.92 Å². The van der Waals surface area contributed by atoms with Crippen LogP contribution in [0.4, 0.5) is 0 Å². The van der Waals surface area contributed by atoms with Gasteiger partial charge in [-0.15, -0.1) is 0 Å². The standard InChI is InChI=1S/C29H33O10PS/c1-22-14-16-26(17-15-22)41(33,34)39-27(29(31)36-3)18-25(28(30)35-2)21-40(32,37-19-23-10-6-4-7-11-23)38-20-24-12-8-5-9-13-24/h4-17,25,27H,18-21H2,1-3H3/t25-,27+/m1/s1. The van der Waals surface area contributed by atoms with Crippen LogP contribution in [-0.4, -0.2) is 46.8 Å². The first-order valence-corrected chi connectivity index (χ1v) is 15.8. The lowest BCUT2D eigenvalue weighted by Gasteiger charge is -2.25. The van der Waals surface area contributed by atoms with Crippen molar-refractivity contribution in [3.8, 4) is 0 Å². The summed E-state index contributed by atoms with van der Waals surface area (Å²) in [6.45, 7) is 1.62. The Balaban J connectivity index is 1.87. The van der Waals surface area contributed by atoms with Crippen LogP contribution in [0.25, 0.3) is 0 Å². The van der Waals surface area contributed by atoms with Crippen molar-refractivity contribution in [1.82, 2.24) is 0 Å². The van der Waals surface area contributed by atoms with Crippen LogP contribution in [0.5, 0.6) is 0 Å². The molecule has 0 aliphatic heterocycles. The summed E-state index contributed by atoms with van der Waals surface area (Å²) in [5, 5.41) is 0. The molecule has 0 fully saturated rings. The molecule has 0 amide bonds. The highest BCUT2D eigenvalue weighted by Crippen LogP contribution is 2.52. The van der Waals surface area contributed by atoms with E-state index in [4.69, 9.17) is 22.7 Å². The third kappa shape index (κ3) is 9.91. The van der Waals surface area contributed by atoms with Crippen LogP contribution >= 0.6 is 7.60 Å². The molecule has 0 N–H and O–H groups in total. The van der Waals surface area contributed by atoms with E-state index in [0.717, 1.165) is 19.8 Å². The molecule has 0 aliphatic carbocycles. The van der Waals surface area contributed by atoms with Crippen LogP contribution < -0.4 is 0 Å². The van der Waals surface area contributed by atoms with Crippen LogP contribution in [0, 0.1) is 12.8 Å². The minimum atomic E-state index is -4.43. The summed E-state index contributed by atoms with van der Waals surface area (Å²) in [6, 6.07) is 23.7. The molecule has 3 aromatic carbocycles. The lowest BCUT2D eigenvalue weighted by molar-refractivity contribution is -0.152. The summed E-state index contributed by atoms with van der Waals surface area (Å²) in [5.41, 5.74) is 2.25. The van der Waals surface area contributed by atoms with Crippen LogP contribution in [0.3, 0.4) is 0 Å². The number of methoxy groups -OCH3 is 2. The molecule has 0 bridgehead atoms. The third-order valence-electron chi connectivity index (χ3n) is 6.04. The normalized spacial score (nSPS) is 13.2. The maximum atomic E-state index is 14.0. The second kappa shape index (κ2) is 15.0. The topological polar surface area (TPSA) is 132 Å². The van der Waals surface area contributed by atoms with Crippen molar-refractivity contribution in [3.05, 3.63) is 102 Å².